The molecule has 0 aromatic heterocycles. The van der Waals surface area contributed by atoms with E-state index in [0.29, 0.717) is 25.9 Å². The number of benzene rings is 1. The molecule has 0 saturated heterocycles. The van der Waals surface area contributed by atoms with E-state index < -0.39 is 8.80 Å². The summed E-state index contributed by atoms with van der Waals surface area (Å²) >= 11 is 0. The van der Waals surface area contributed by atoms with Crippen molar-refractivity contribution in [3.63, 3.8) is 0 Å². The van der Waals surface area contributed by atoms with Crippen LogP contribution in [0.4, 0.5) is 0 Å². The van der Waals surface area contributed by atoms with E-state index in [4.69, 9.17) is 18.0 Å². The Morgan fingerprint density at radius 1 is 0.720 bits per heavy atom. The predicted octanol–water partition coefficient (Wildman–Crippen LogP) is 5.17. The summed E-state index contributed by atoms with van der Waals surface area (Å²) < 4.78 is 24.1. The Bertz CT molecular complexity index is 409. The lowest BCUT2D eigenvalue weighted by Crippen LogP contribution is -2.49. The van der Waals surface area contributed by atoms with E-state index in [-0.39, 0.29) is 0 Å². The van der Waals surface area contributed by atoms with E-state index in [0.717, 1.165) is 44.3 Å². The molecular weight excluding hydrogens is 332 g/mol. The highest BCUT2D eigenvalue weighted by Gasteiger charge is 2.41. The fourth-order valence-electron chi connectivity index (χ4n) is 2.39. The van der Waals surface area contributed by atoms with Gasteiger partial charge >= 0.3 is 8.80 Å². The quantitative estimate of drug-likeness (QED) is 0.316. The van der Waals surface area contributed by atoms with Gasteiger partial charge in [0.1, 0.15) is 5.75 Å². The van der Waals surface area contributed by atoms with E-state index in [1.165, 1.54) is 5.56 Å². The van der Waals surface area contributed by atoms with Gasteiger partial charge in [0.15, 0.2) is 0 Å². The van der Waals surface area contributed by atoms with Gasteiger partial charge in [0.05, 0.1) is 7.11 Å². The van der Waals surface area contributed by atoms with Crippen molar-refractivity contribution in [2.24, 2.45) is 0 Å². The molecular formula is C20H36O4Si. The molecule has 0 aliphatic heterocycles. The molecule has 5 heteroatoms. The van der Waals surface area contributed by atoms with E-state index in [1.54, 1.807) is 7.11 Å². The van der Waals surface area contributed by atoms with E-state index >= 15 is 0 Å². The van der Waals surface area contributed by atoms with E-state index in [2.05, 4.69) is 32.9 Å². The fraction of sp³-hybridized carbons (Fsp3) is 0.700. The molecule has 0 saturated carbocycles. The van der Waals surface area contributed by atoms with Crippen molar-refractivity contribution >= 4 is 8.80 Å². The minimum absolute atomic E-state index is 0.705. The first-order valence-corrected chi connectivity index (χ1v) is 11.7. The molecule has 0 aliphatic rings. The molecule has 4 nitrogen and oxygen atoms in total. The van der Waals surface area contributed by atoms with Gasteiger partial charge < -0.3 is 18.0 Å². The minimum atomic E-state index is -2.72. The second kappa shape index (κ2) is 13.3. The molecule has 25 heavy (non-hydrogen) atoms. The maximum atomic E-state index is 6.29. The summed E-state index contributed by atoms with van der Waals surface area (Å²) in [6.07, 6.45) is 6.42. The van der Waals surface area contributed by atoms with Crippen LogP contribution in [0.1, 0.15) is 64.9 Å². The van der Waals surface area contributed by atoms with Crippen molar-refractivity contribution in [1.82, 2.24) is 0 Å². The molecule has 0 fully saturated rings. The molecule has 0 aliphatic carbocycles. The zero-order valence-corrected chi connectivity index (χ0v) is 17.5. The Morgan fingerprint density at radius 3 is 1.52 bits per heavy atom. The normalized spacial score (nSPS) is 11.7. The van der Waals surface area contributed by atoms with Crippen molar-refractivity contribution < 1.29 is 18.0 Å². The van der Waals surface area contributed by atoms with Crippen molar-refractivity contribution in [3.8, 4) is 5.75 Å². The van der Waals surface area contributed by atoms with Crippen molar-refractivity contribution in [2.45, 2.75) is 65.3 Å². The molecule has 0 bridgehead atoms. The highest BCUT2D eigenvalue weighted by Crippen LogP contribution is 2.21. The molecule has 0 spiro atoms. The summed E-state index contributed by atoms with van der Waals surface area (Å²) in [5.41, 5.74) is 1.18. The molecule has 1 aromatic rings. The first-order chi connectivity index (χ1) is 12.2. The predicted molar refractivity (Wildman–Crippen MR) is 105 cm³/mol. The molecule has 0 atom stereocenters. The van der Waals surface area contributed by atoms with Gasteiger partial charge in [-0.1, -0.05) is 52.2 Å². The average molecular weight is 369 g/mol. The molecule has 0 unspecified atom stereocenters. The molecule has 0 N–H and O–H groups in total. The minimum Gasteiger partial charge on any atom is -0.497 e. The second-order valence-electron chi connectivity index (χ2n) is 6.31. The summed E-state index contributed by atoms with van der Waals surface area (Å²) in [4.78, 5) is 0. The van der Waals surface area contributed by atoms with Crippen molar-refractivity contribution in [3.05, 3.63) is 29.8 Å². The van der Waals surface area contributed by atoms with Gasteiger partial charge in [-0.05, 0) is 37.0 Å². The summed E-state index contributed by atoms with van der Waals surface area (Å²) in [5.74, 6) is 0.863. The standard InChI is InChI=1S/C20H36O4Si/c1-5-8-15-22-25(23-16-9-6-2,24-17-10-7-3)18-19-11-13-20(21-4)14-12-19/h11-14H,5-10,15-18H2,1-4H3. The van der Waals surface area contributed by atoms with Crippen LogP contribution in [-0.4, -0.2) is 35.7 Å². The lowest BCUT2D eigenvalue weighted by atomic mass is 10.2. The third-order valence-corrected chi connectivity index (χ3v) is 6.81. The fourth-order valence-corrected chi connectivity index (χ4v) is 5.05. The number of methoxy groups -OCH3 is 1. The first-order valence-electron chi connectivity index (χ1n) is 9.74. The highest BCUT2D eigenvalue weighted by atomic mass is 28.4. The maximum absolute atomic E-state index is 6.29. The topological polar surface area (TPSA) is 36.9 Å². The summed E-state index contributed by atoms with van der Waals surface area (Å²) in [6.45, 7) is 8.63. The van der Waals surface area contributed by atoms with Crippen LogP contribution in [0.25, 0.3) is 0 Å². The average Bonchev–Trinajstić information content (AvgIpc) is 2.63. The van der Waals surface area contributed by atoms with Crippen LogP contribution in [-0.2, 0) is 19.3 Å². The molecule has 0 radical (unpaired) electrons. The van der Waals surface area contributed by atoms with Gasteiger partial charge in [0.2, 0.25) is 0 Å². The Hall–Kier alpha value is -0.883. The number of unbranched alkanes of at least 4 members (excludes halogenated alkanes) is 3. The third kappa shape index (κ3) is 8.86. The van der Waals surface area contributed by atoms with Crippen LogP contribution in [0.2, 0.25) is 0 Å². The smallest absolute Gasteiger partial charge is 0.497 e. The summed E-state index contributed by atoms with van der Waals surface area (Å²) in [5, 5.41) is 0. The first kappa shape index (κ1) is 22.2. The second-order valence-corrected chi connectivity index (χ2v) is 8.90. The Labute approximate surface area is 155 Å². The van der Waals surface area contributed by atoms with E-state index in [9.17, 15) is 0 Å². The van der Waals surface area contributed by atoms with Gasteiger partial charge in [0, 0.05) is 25.9 Å². The third-order valence-electron chi connectivity index (χ3n) is 4.04. The lowest BCUT2D eigenvalue weighted by Gasteiger charge is -2.30. The van der Waals surface area contributed by atoms with Crippen molar-refractivity contribution in [1.29, 1.82) is 0 Å². The lowest BCUT2D eigenvalue weighted by molar-refractivity contribution is 0.0554. The van der Waals surface area contributed by atoms with Gasteiger partial charge in [-0.25, -0.2) is 0 Å². The Kier molecular flexibility index (Phi) is 11.8. The highest BCUT2D eigenvalue weighted by molar-refractivity contribution is 6.60. The summed E-state index contributed by atoms with van der Waals surface area (Å²) in [6, 6.07) is 8.84. The van der Waals surface area contributed by atoms with Crippen LogP contribution in [0.15, 0.2) is 24.3 Å². The van der Waals surface area contributed by atoms with Gasteiger partial charge in [-0.15, -0.1) is 0 Å². The largest absolute Gasteiger partial charge is 0.505 e. The number of hydrogen-bond acceptors (Lipinski definition) is 4. The van der Waals surface area contributed by atoms with Gasteiger partial charge in [-0.3, -0.25) is 0 Å². The van der Waals surface area contributed by atoms with Crippen LogP contribution in [0.3, 0.4) is 0 Å². The van der Waals surface area contributed by atoms with Crippen LogP contribution < -0.4 is 4.74 Å². The molecule has 0 heterocycles. The van der Waals surface area contributed by atoms with Crippen LogP contribution >= 0.6 is 0 Å². The maximum Gasteiger partial charge on any atom is 0.505 e. The Balaban J connectivity index is 2.87. The zero-order chi connectivity index (χ0) is 18.4. The monoisotopic (exact) mass is 368 g/mol. The van der Waals surface area contributed by atoms with Crippen molar-refractivity contribution in [2.75, 3.05) is 26.9 Å². The number of rotatable bonds is 15. The number of ether oxygens (including phenoxy) is 1. The molecule has 1 rings (SSSR count). The molecule has 1 aromatic carbocycles. The van der Waals surface area contributed by atoms with Crippen LogP contribution in [0, 0.1) is 0 Å². The SMILES string of the molecule is CCCCO[Si](Cc1ccc(OC)cc1)(OCCCC)OCCCC. The Morgan fingerprint density at radius 2 is 1.16 bits per heavy atom. The van der Waals surface area contributed by atoms with Crippen LogP contribution in [0.5, 0.6) is 5.75 Å². The zero-order valence-electron chi connectivity index (χ0n) is 16.5. The van der Waals surface area contributed by atoms with Gasteiger partial charge in [0.25, 0.3) is 0 Å². The molecule has 0 amide bonds. The van der Waals surface area contributed by atoms with Gasteiger partial charge in [-0.2, -0.15) is 0 Å². The van der Waals surface area contributed by atoms with E-state index in [1.807, 2.05) is 12.1 Å². The number of hydrogen-bond donors (Lipinski definition) is 0. The summed E-state index contributed by atoms with van der Waals surface area (Å²) in [7, 11) is -1.03. The molecule has 144 valence electrons.